The number of rotatable bonds is 6. The topological polar surface area (TPSA) is 108 Å². The number of phenolic OH excluding ortho intramolecular Hbond substituents is 1. The molecule has 0 radical (unpaired) electrons. The molecule has 1 aromatic heterocycles. The summed E-state index contributed by atoms with van der Waals surface area (Å²) in [7, 11) is 0. The third-order valence-corrected chi connectivity index (χ3v) is 6.09. The van der Waals surface area contributed by atoms with Gasteiger partial charge < -0.3 is 24.8 Å². The van der Waals surface area contributed by atoms with Crippen LogP contribution in [0.1, 0.15) is 39.2 Å². The fraction of sp³-hybridized carbons (Fsp3) is 0.269. The molecule has 172 valence electrons. The molecule has 1 amide bonds. The van der Waals surface area contributed by atoms with Crippen LogP contribution in [0.25, 0.3) is 0 Å². The fourth-order valence-electron chi connectivity index (χ4n) is 4.36. The summed E-state index contributed by atoms with van der Waals surface area (Å²) in [5.74, 6) is -0.480. The number of benzene rings is 2. The van der Waals surface area contributed by atoms with Crippen LogP contribution in [0.2, 0.25) is 0 Å². The van der Waals surface area contributed by atoms with E-state index in [4.69, 9.17) is 9.47 Å². The van der Waals surface area contributed by atoms with Gasteiger partial charge in [-0.2, -0.15) is 5.26 Å². The van der Waals surface area contributed by atoms with E-state index < -0.39 is 0 Å². The molecular formula is C26H24N4O4. The first-order valence-corrected chi connectivity index (χ1v) is 11.2. The Morgan fingerprint density at radius 3 is 2.94 bits per heavy atom. The van der Waals surface area contributed by atoms with Gasteiger partial charge in [-0.15, -0.1) is 0 Å². The molecule has 0 unspecified atom stereocenters. The number of nitrogens with zero attached hydrogens (tertiary/aromatic N) is 3. The monoisotopic (exact) mass is 456 g/mol. The number of fused-ring (bicyclic) bond motifs is 1. The number of hydrogen-bond acceptors (Lipinski definition) is 7. The number of anilines is 1. The van der Waals surface area contributed by atoms with E-state index in [1.807, 2.05) is 30.3 Å². The molecule has 0 spiro atoms. The van der Waals surface area contributed by atoms with Gasteiger partial charge in [0, 0.05) is 31.6 Å². The maximum absolute atomic E-state index is 13.6. The SMILES string of the molecule is N#Cc1cc(O)c(C(=O)N2Cc3cccc(N[C@H]4CCOC4)c3C2)c(OCc2ccccn2)c1. The van der Waals surface area contributed by atoms with Crippen LogP contribution in [-0.2, 0) is 24.4 Å². The van der Waals surface area contributed by atoms with Gasteiger partial charge in [-0.05, 0) is 47.9 Å². The highest BCUT2D eigenvalue weighted by Gasteiger charge is 2.31. The second kappa shape index (κ2) is 9.41. The zero-order valence-electron chi connectivity index (χ0n) is 18.5. The number of nitriles is 1. The summed E-state index contributed by atoms with van der Waals surface area (Å²) in [4.78, 5) is 19.5. The molecule has 1 fully saturated rings. The van der Waals surface area contributed by atoms with Crippen molar-refractivity contribution in [2.75, 3.05) is 18.5 Å². The predicted octanol–water partition coefficient (Wildman–Crippen LogP) is 3.59. The van der Waals surface area contributed by atoms with Crippen molar-refractivity contribution in [3.63, 3.8) is 0 Å². The molecule has 3 heterocycles. The minimum atomic E-state index is -0.357. The van der Waals surface area contributed by atoms with Crippen LogP contribution in [-0.4, -0.2) is 40.2 Å². The van der Waals surface area contributed by atoms with Crippen LogP contribution in [0.5, 0.6) is 11.5 Å². The zero-order valence-corrected chi connectivity index (χ0v) is 18.5. The van der Waals surface area contributed by atoms with E-state index in [0.717, 1.165) is 29.8 Å². The van der Waals surface area contributed by atoms with Gasteiger partial charge in [0.15, 0.2) is 0 Å². The Balaban J connectivity index is 1.40. The third kappa shape index (κ3) is 4.38. The number of ether oxygens (including phenoxy) is 2. The number of aromatic hydroxyl groups is 1. The summed E-state index contributed by atoms with van der Waals surface area (Å²) in [5.41, 5.74) is 4.04. The van der Waals surface area contributed by atoms with Crippen LogP contribution >= 0.6 is 0 Å². The molecule has 1 atom stereocenters. The first-order valence-electron chi connectivity index (χ1n) is 11.2. The highest BCUT2D eigenvalue weighted by Crippen LogP contribution is 2.36. The molecule has 8 heteroatoms. The molecule has 1 saturated heterocycles. The van der Waals surface area contributed by atoms with Crippen molar-refractivity contribution in [1.29, 1.82) is 5.26 Å². The molecule has 8 nitrogen and oxygen atoms in total. The van der Waals surface area contributed by atoms with Gasteiger partial charge in [-0.25, -0.2) is 0 Å². The van der Waals surface area contributed by atoms with Gasteiger partial charge in [0.25, 0.3) is 5.91 Å². The maximum Gasteiger partial charge on any atom is 0.262 e. The summed E-state index contributed by atoms with van der Waals surface area (Å²) >= 11 is 0. The smallest absolute Gasteiger partial charge is 0.262 e. The van der Waals surface area contributed by atoms with Crippen molar-refractivity contribution in [2.45, 2.75) is 32.2 Å². The molecular weight excluding hydrogens is 432 g/mol. The lowest BCUT2D eigenvalue weighted by atomic mass is 10.1. The highest BCUT2D eigenvalue weighted by molar-refractivity contribution is 6.00. The Labute approximate surface area is 197 Å². The van der Waals surface area contributed by atoms with Gasteiger partial charge >= 0.3 is 0 Å². The van der Waals surface area contributed by atoms with Gasteiger partial charge in [0.1, 0.15) is 23.7 Å². The molecule has 0 saturated carbocycles. The van der Waals surface area contributed by atoms with Gasteiger partial charge in [0.2, 0.25) is 0 Å². The van der Waals surface area contributed by atoms with Crippen molar-refractivity contribution in [2.24, 2.45) is 0 Å². The van der Waals surface area contributed by atoms with Gasteiger partial charge in [-0.3, -0.25) is 9.78 Å². The summed E-state index contributed by atoms with van der Waals surface area (Å²) in [6.45, 7) is 2.35. The predicted molar refractivity (Wildman–Crippen MR) is 124 cm³/mol. The third-order valence-electron chi connectivity index (χ3n) is 6.09. The number of pyridine rings is 1. The Bertz CT molecular complexity index is 1250. The van der Waals surface area contributed by atoms with Crippen molar-refractivity contribution < 1.29 is 19.4 Å². The van der Waals surface area contributed by atoms with E-state index in [0.29, 0.717) is 25.4 Å². The molecule has 0 bridgehead atoms. The maximum atomic E-state index is 13.6. The number of amides is 1. The minimum Gasteiger partial charge on any atom is -0.507 e. The molecule has 2 aromatic carbocycles. The Morgan fingerprint density at radius 1 is 1.26 bits per heavy atom. The van der Waals surface area contributed by atoms with E-state index in [-0.39, 0.29) is 41.2 Å². The summed E-state index contributed by atoms with van der Waals surface area (Å²) in [5, 5.41) is 23.5. The average molecular weight is 457 g/mol. The number of nitrogens with one attached hydrogen (secondary N) is 1. The van der Waals surface area contributed by atoms with E-state index in [1.165, 1.54) is 12.1 Å². The minimum absolute atomic E-state index is 0.0430. The fourth-order valence-corrected chi connectivity index (χ4v) is 4.36. The van der Waals surface area contributed by atoms with Crippen LogP contribution in [0.3, 0.4) is 0 Å². The molecule has 2 aliphatic heterocycles. The van der Waals surface area contributed by atoms with Crippen molar-refractivity contribution in [3.05, 3.63) is 82.7 Å². The van der Waals surface area contributed by atoms with Crippen molar-refractivity contribution >= 4 is 11.6 Å². The second-order valence-electron chi connectivity index (χ2n) is 8.40. The van der Waals surface area contributed by atoms with Crippen LogP contribution < -0.4 is 10.1 Å². The second-order valence-corrected chi connectivity index (χ2v) is 8.40. The first-order chi connectivity index (χ1) is 16.6. The summed E-state index contributed by atoms with van der Waals surface area (Å²) in [6, 6.07) is 16.5. The Hall–Kier alpha value is -4.09. The number of phenols is 1. The van der Waals surface area contributed by atoms with Gasteiger partial charge in [0.05, 0.1) is 30.0 Å². The molecule has 0 aliphatic carbocycles. The molecule has 5 rings (SSSR count). The summed E-state index contributed by atoms with van der Waals surface area (Å²) < 4.78 is 11.3. The average Bonchev–Trinajstić information content (AvgIpc) is 3.53. The molecule has 3 aromatic rings. The Morgan fingerprint density at radius 2 is 2.18 bits per heavy atom. The standard InChI is InChI=1S/C26H24N4O4/c27-12-17-10-23(31)25(24(11-17)34-16-19-5-1-2-8-28-19)26(32)30-13-18-4-3-6-22(21(18)14-30)29-20-7-9-33-15-20/h1-6,8,10-11,20,29,31H,7,9,13-16H2/t20-/m0/s1. The highest BCUT2D eigenvalue weighted by atomic mass is 16.5. The van der Waals surface area contributed by atoms with E-state index in [2.05, 4.69) is 10.3 Å². The first kappa shape index (κ1) is 21.7. The molecule has 2 N–H and O–H groups in total. The molecule has 34 heavy (non-hydrogen) atoms. The number of aromatic nitrogens is 1. The quantitative estimate of drug-likeness (QED) is 0.584. The number of hydrogen-bond donors (Lipinski definition) is 2. The van der Waals surface area contributed by atoms with Gasteiger partial charge in [-0.1, -0.05) is 18.2 Å². The molecule has 2 aliphatic rings. The van der Waals surface area contributed by atoms with Crippen LogP contribution in [0.15, 0.2) is 54.7 Å². The summed E-state index contributed by atoms with van der Waals surface area (Å²) in [6.07, 6.45) is 2.60. The zero-order chi connectivity index (χ0) is 23.5. The lowest BCUT2D eigenvalue weighted by molar-refractivity contribution is 0.0743. The largest absolute Gasteiger partial charge is 0.507 e. The van der Waals surface area contributed by atoms with E-state index >= 15 is 0 Å². The Kier molecular flexibility index (Phi) is 6.02. The van der Waals surface area contributed by atoms with E-state index in [9.17, 15) is 15.2 Å². The normalized spacial score (nSPS) is 16.7. The van der Waals surface area contributed by atoms with Crippen LogP contribution in [0, 0.1) is 11.3 Å². The van der Waals surface area contributed by atoms with E-state index in [1.54, 1.807) is 23.2 Å². The van der Waals surface area contributed by atoms with Crippen molar-refractivity contribution in [1.82, 2.24) is 9.88 Å². The number of carbonyl (C=O) groups excluding carboxylic acids is 1. The number of carbonyl (C=O) groups is 1. The van der Waals surface area contributed by atoms with Crippen molar-refractivity contribution in [3.8, 4) is 17.6 Å². The lowest BCUT2D eigenvalue weighted by Gasteiger charge is -2.20. The van der Waals surface area contributed by atoms with Crippen LogP contribution in [0.4, 0.5) is 5.69 Å². The lowest BCUT2D eigenvalue weighted by Crippen LogP contribution is -2.26.